The summed E-state index contributed by atoms with van der Waals surface area (Å²) in [5.74, 6) is 0. The summed E-state index contributed by atoms with van der Waals surface area (Å²) in [6.07, 6.45) is 0.849. The smallest absolute Gasteiger partial charge is 0.240 e. The van der Waals surface area contributed by atoms with E-state index in [4.69, 9.17) is 10.9 Å². The van der Waals surface area contributed by atoms with Crippen molar-refractivity contribution < 1.29 is 8.42 Å². The van der Waals surface area contributed by atoms with Crippen LogP contribution >= 0.6 is 0 Å². The number of para-hydroxylation sites is 1. The third-order valence-corrected chi connectivity index (χ3v) is 4.10. The van der Waals surface area contributed by atoms with Gasteiger partial charge in [0.2, 0.25) is 10.0 Å². The summed E-state index contributed by atoms with van der Waals surface area (Å²) in [7, 11) is -3.73. The van der Waals surface area contributed by atoms with Gasteiger partial charge in [0.25, 0.3) is 0 Å². The fourth-order valence-corrected chi connectivity index (χ4v) is 2.76. The molecule has 0 aromatic heterocycles. The second-order valence-electron chi connectivity index (χ2n) is 4.75. The van der Waals surface area contributed by atoms with Crippen molar-refractivity contribution in [3.8, 4) is 0 Å². The Hall–Kier alpha value is -1.89. The monoisotopic (exact) mass is 305 g/mol. The molecule has 2 rings (SSSR count). The molecular weight excluding hydrogens is 286 g/mol. The van der Waals surface area contributed by atoms with Gasteiger partial charge in [0.1, 0.15) is 4.90 Å². The lowest BCUT2D eigenvalue weighted by Gasteiger charge is -2.11. The molecule has 2 aromatic rings. The third kappa shape index (κ3) is 4.29. The van der Waals surface area contributed by atoms with Crippen LogP contribution in [0.2, 0.25) is 0 Å². The minimum Gasteiger partial charge on any atom is -0.380 e. The van der Waals surface area contributed by atoms with Crippen LogP contribution in [-0.2, 0) is 23.0 Å². The van der Waals surface area contributed by atoms with Crippen molar-refractivity contribution in [3.63, 3.8) is 0 Å². The molecule has 2 aromatic carbocycles. The molecule has 0 heterocycles. The summed E-state index contributed by atoms with van der Waals surface area (Å²) in [4.78, 5) is 0.102. The van der Waals surface area contributed by atoms with E-state index in [0.29, 0.717) is 18.8 Å². The second-order valence-corrected chi connectivity index (χ2v) is 6.28. The van der Waals surface area contributed by atoms with Crippen LogP contribution in [0, 0.1) is 0 Å². The molecule has 0 radical (unpaired) electrons. The lowest BCUT2D eigenvalue weighted by molar-refractivity contribution is 0.598. The first kappa shape index (κ1) is 15.5. The van der Waals surface area contributed by atoms with Gasteiger partial charge in [0.15, 0.2) is 0 Å². The number of nitrogens with two attached hydrogens (primary N) is 2. The highest BCUT2D eigenvalue weighted by Crippen LogP contribution is 2.20. The van der Waals surface area contributed by atoms with Gasteiger partial charge in [-0.05, 0) is 36.2 Å². The van der Waals surface area contributed by atoms with E-state index >= 15 is 0 Å². The van der Waals surface area contributed by atoms with Gasteiger partial charge >= 0.3 is 0 Å². The second kappa shape index (κ2) is 6.71. The number of rotatable bonds is 6. The molecule has 6 heteroatoms. The van der Waals surface area contributed by atoms with E-state index in [1.165, 1.54) is 11.6 Å². The van der Waals surface area contributed by atoms with Crippen molar-refractivity contribution in [3.05, 3.63) is 59.7 Å². The summed E-state index contributed by atoms with van der Waals surface area (Å²) >= 11 is 0. The average Bonchev–Trinajstić information content (AvgIpc) is 2.46. The van der Waals surface area contributed by atoms with Crippen molar-refractivity contribution >= 4 is 15.7 Å². The molecule has 0 saturated heterocycles. The Kier molecular flexibility index (Phi) is 4.95. The number of hydrogen-bond donors (Lipinski definition) is 3. The van der Waals surface area contributed by atoms with Crippen molar-refractivity contribution in [2.24, 2.45) is 10.9 Å². The molecule has 5 N–H and O–H groups in total. The number of anilines is 1. The Labute approximate surface area is 125 Å². The molecule has 0 aliphatic rings. The van der Waals surface area contributed by atoms with Crippen molar-refractivity contribution in [1.82, 2.24) is 0 Å². The molecule has 0 saturated carbocycles. The molecule has 0 bridgehead atoms. The zero-order valence-corrected chi connectivity index (χ0v) is 12.4. The summed E-state index contributed by atoms with van der Waals surface area (Å²) in [6, 6.07) is 14.6. The fraction of sp³-hybridized carbons (Fsp3) is 0.200. The summed E-state index contributed by atoms with van der Waals surface area (Å²) in [5.41, 5.74) is 8.26. The van der Waals surface area contributed by atoms with Gasteiger partial charge in [-0.25, -0.2) is 13.6 Å². The predicted octanol–water partition coefficient (Wildman–Crippen LogP) is 1.45. The van der Waals surface area contributed by atoms with Gasteiger partial charge in [-0.1, -0.05) is 36.4 Å². The van der Waals surface area contributed by atoms with E-state index in [2.05, 4.69) is 5.32 Å². The zero-order valence-electron chi connectivity index (χ0n) is 11.6. The van der Waals surface area contributed by atoms with Crippen LogP contribution in [0.15, 0.2) is 53.4 Å². The van der Waals surface area contributed by atoms with Crippen LogP contribution in [0.4, 0.5) is 5.69 Å². The van der Waals surface area contributed by atoms with E-state index in [1.807, 2.05) is 24.3 Å². The van der Waals surface area contributed by atoms with E-state index in [9.17, 15) is 8.42 Å². The molecule has 0 aliphatic carbocycles. The zero-order chi connectivity index (χ0) is 15.3. The molecular formula is C15H19N3O2S. The van der Waals surface area contributed by atoms with Gasteiger partial charge in [-0.2, -0.15) is 0 Å². The van der Waals surface area contributed by atoms with Crippen LogP contribution in [-0.4, -0.2) is 15.0 Å². The van der Waals surface area contributed by atoms with Crippen LogP contribution in [0.5, 0.6) is 0 Å². The van der Waals surface area contributed by atoms with Crippen LogP contribution < -0.4 is 16.2 Å². The maximum absolute atomic E-state index is 11.5. The normalized spacial score (nSPS) is 11.3. The molecule has 0 fully saturated rings. The highest BCUT2D eigenvalue weighted by atomic mass is 32.2. The Morgan fingerprint density at radius 3 is 2.19 bits per heavy atom. The first-order valence-electron chi connectivity index (χ1n) is 6.64. The van der Waals surface area contributed by atoms with Crippen molar-refractivity contribution in [2.75, 3.05) is 11.9 Å². The summed E-state index contributed by atoms with van der Waals surface area (Å²) < 4.78 is 23.0. The maximum Gasteiger partial charge on any atom is 0.240 e. The molecule has 0 aliphatic heterocycles. The minimum atomic E-state index is -3.73. The van der Waals surface area contributed by atoms with Crippen LogP contribution in [0.25, 0.3) is 0 Å². The number of nitrogens with one attached hydrogen (secondary N) is 1. The topological polar surface area (TPSA) is 98.2 Å². The van der Waals surface area contributed by atoms with Gasteiger partial charge in [0, 0.05) is 6.54 Å². The minimum absolute atomic E-state index is 0.102. The molecule has 0 unspecified atom stereocenters. The number of benzene rings is 2. The molecule has 0 spiro atoms. The first-order valence-corrected chi connectivity index (χ1v) is 8.19. The lowest BCUT2D eigenvalue weighted by Crippen LogP contribution is -2.15. The van der Waals surface area contributed by atoms with E-state index in [-0.39, 0.29) is 4.90 Å². The van der Waals surface area contributed by atoms with Gasteiger partial charge in [-0.15, -0.1) is 0 Å². The largest absolute Gasteiger partial charge is 0.380 e. The molecule has 21 heavy (non-hydrogen) atoms. The molecule has 112 valence electrons. The van der Waals surface area contributed by atoms with Gasteiger partial charge in [0.05, 0.1) is 5.69 Å². The molecule has 0 atom stereocenters. The lowest BCUT2D eigenvalue weighted by atomic mass is 10.1. The highest BCUT2D eigenvalue weighted by Gasteiger charge is 2.12. The third-order valence-electron chi connectivity index (χ3n) is 3.13. The summed E-state index contributed by atoms with van der Waals surface area (Å²) in [6.45, 7) is 1.15. The number of primary sulfonamides is 1. The van der Waals surface area contributed by atoms with Gasteiger partial charge in [-0.3, -0.25) is 0 Å². The first-order chi connectivity index (χ1) is 10.0. The highest BCUT2D eigenvalue weighted by molar-refractivity contribution is 7.89. The Balaban J connectivity index is 2.10. The molecule has 0 amide bonds. The standard InChI is InChI=1S/C15H19N3O2S/c16-10-9-12-5-7-13(8-6-12)11-18-14-3-1-2-4-15(14)21(17,19)20/h1-8,18H,9-11,16H2,(H2,17,19,20). The Bertz CT molecular complexity index is 697. The van der Waals surface area contributed by atoms with E-state index in [0.717, 1.165) is 12.0 Å². The quantitative estimate of drug-likeness (QED) is 0.752. The predicted molar refractivity (Wildman–Crippen MR) is 84.3 cm³/mol. The van der Waals surface area contributed by atoms with Crippen molar-refractivity contribution in [1.29, 1.82) is 0 Å². The van der Waals surface area contributed by atoms with Gasteiger partial charge < -0.3 is 11.1 Å². The Morgan fingerprint density at radius 2 is 1.57 bits per heavy atom. The van der Waals surface area contributed by atoms with Crippen LogP contribution in [0.3, 0.4) is 0 Å². The van der Waals surface area contributed by atoms with Crippen LogP contribution in [0.1, 0.15) is 11.1 Å². The number of hydrogen-bond acceptors (Lipinski definition) is 4. The molecule has 5 nitrogen and oxygen atoms in total. The average molecular weight is 305 g/mol. The SMILES string of the molecule is NCCc1ccc(CNc2ccccc2S(N)(=O)=O)cc1. The number of sulfonamides is 1. The maximum atomic E-state index is 11.5. The van der Waals surface area contributed by atoms with E-state index < -0.39 is 10.0 Å². The van der Waals surface area contributed by atoms with E-state index in [1.54, 1.807) is 18.2 Å². The fourth-order valence-electron chi connectivity index (χ4n) is 2.05. The Morgan fingerprint density at radius 1 is 0.952 bits per heavy atom. The summed E-state index contributed by atoms with van der Waals surface area (Å²) in [5, 5.41) is 8.30. The van der Waals surface area contributed by atoms with Crippen molar-refractivity contribution in [2.45, 2.75) is 17.9 Å².